The molecule has 0 aromatic carbocycles. The predicted octanol–water partition coefficient (Wildman–Crippen LogP) is 1.87. The van der Waals surface area contributed by atoms with Crippen molar-refractivity contribution in [1.82, 2.24) is 14.7 Å². The van der Waals surface area contributed by atoms with Gasteiger partial charge in [-0.05, 0) is 19.8 Å². The van der Waals surface area contributed by atoms with Crippen LogP contribution in [0.2, 0.25) is 5.15 Å². The minimum Gasteiger partial charge on any atom is -0.409 e. The van der Waals surface area contributed by atoms with Crippen LogP contribution in [0.1, 0.15) is 36.9 Å². The number of halogens is 1. The molecule has 0 radical (unpaired) electrons. The molecule has 1 aromatic rings. The van der Waals surface area contributed by atoms with Crippen LogP contribution in [0.5, 0.6) is 0 Å². The molecule has 20 heavy (non-hydrogen) atoms. The highest BCUT2D eigenvalue weighted by Gasteiger charge is 2.25. The molecular formula is C13H22ClN5O. The minimum absolute atomic E-state index is 0.231. The van der Waals surface area contributed by atoms with Gasteiger partial charge in [-0.15, -0.1) is 0 Å². The standard InChI is InChI=1S/C13H22ClN5O/c1-9-11(13(14)18(2)16-9)7-19(8-12(15)17-20)10-5-3-4-6-10/h10,20H,3-8H2,1-2H3,(H2,15,17). The summed E-state index contributed by atoms with van der Waals surface area (Å²) in [7, 11) is 1.84. The number of hydrogen-bond donors (Lipinski definition) is 2. The number of nitrogens with zero attached hydrogens (tertiary/aromatic N) is 4. The molecule has 0 atom stereocenters. The van der Waals surface area contributed by atoms with Gasteiger partial charge in [-0.1, -0.05) is 29.6 Å². The highest BCUT2D eigenvalue weighted by atomic mass is 35.5. The zero-order valence-electron chi connectivity index (χ0n) is 12.0. The van der Waals surface area contributed by atoms with Crippen LogP contribution >= 0.6 is 11.6 Å². The van der Waals surface area contributed by atoms with Gasteiger partial charge in [-0.2, -0.15) is 5.10 Å². The van der Waals surface area contributed by atoms with Gasteiger partial charge in [0, 0.05) is 25.2 Å². The summed E-state index contributed by atoms with van der Waals surface area (Å²) in [6.07, 6.45) is 4.76. The molecule has 2 rings (SSSR count). The molecule has 1 saturated carbocycles. The van der Waals surface area contributed by atoms with Crippen LogP contribution in [0.4, 0.5) is 0 Å². The quantitative estimate of drug-likeness (QED) is 0.376. The summed E-state index contributed by atoms with van der Waals surface area (Å²) in [6, 6.07) is 0.464. The average molecular weight is 300 g/mol. The second kappa shape index (κ2) is 6.45. The number of oxime groups is 1. The zero-order valence-corrected chi connectivity index (χ0v) is 12.8. The van der Waals surface area contributed by atoms with Crippen molar-refractivity contribution in [3.05, 3.63) is 16.4 Å². The lowest BCUT2D eigenvalue weighted by Gasteiger charge is -2.28. The molecule has 1 aliphatic carbocycles. The number of nitrogens with two attached hydrogens (primary N) is 1. The summed E-state index contributed by atoms with van der Waals surface area (Å²) in [5, 5.41) is 16.9. The van der Waals surface area contributed by atoms with Crippen molar-refractivity contribution in [2.24, 2.45) is 17.9 Å². The van der Waals surface area contributed by atoms with Crippen molar-refractivity contribution in [3.8, 4) is 0 Å². The van der Waals surface area contributed by atoms with Crippen molar-refractivity contribution >= 4 is 17.4 Å². The first-order chi connectivity index (χ1) is 9.52. The van der Waals surface area contributed by atoms with Crippen LogP contribution in [-0.2, 0) is 13.6 Å². The third-order valence-corrected chi connectivity index (χ3v) is 4.44. The smallest absolute Gasteiger partial charge is 0.153 e. The predicted molar refractivity (Wildman–Crippen MR) is 79.0 cm³/mol. The van der Waals surface area contributed by atoms with E-state index in [1.54, 1.807) is 4.68 Å². The molecule has 1 heterocycles. The molecule has 0 bridgehead atoms. The van der Waals surface area contributed by atoms with E-state index < -0.39 is 0 Å². The average Bonchev–Trinajstić information content (AvgIpc) is 3.02. The Balaban J connectivity index is 2.18. The lowest BCUT2D eigenvalue weighted by molar-refractivity contribution is 0.213. The SMILES string of the molecule is Cc1nn(C)c(Cl)c1CN(CC(N)=NO)C1CCCC1. The lowest BCUT2D eigenvalue weighted by atomic mass is 10.1. The number of rotatable bonds is 5. The fourth-order valence-corrected chi connectivity index (χ4v) is 3.11. The first-order valence-corrected chi connectivity index (χ1v) is 7.29. The van der Waals surface area contributed by atoms with Crippen molar-refractivity contribution < 1.29 is 5.21 Å². The summed E-state index contributed by atoms with van der Waals surface area (Å²) >= 11 is 6.30. The monoisotopic (exact) mass is 299 g/mol. The summed E-state index contributed by atoms with van der Waals surface area (Å²) in [5.74, 6) is 0.231. The van der Waals surface area contributed by atoms with E-state index in [9.17, 15) is 0 Å². The van der Waals surface area contributed by atoms with Gasteiger partial charge in [-0.25, -0.2) is 0 Å². The zero-order chi connectivity index (χ0) is 14.7. The van der Waals surface area contributed by atoms with Gasteiger partial charge in [0.1, 0.15) is 5.15 Å². The highest BCUT2D eigenvalue weighted by Crippen LogP contribution is 2.27. The van der Waals surface area contributed by atoms with Gasteiger partial charge in [0.2, 0.25) is 0 Å². The highest BCUT2D eigenvalue weighted by molar-refractivity contribution is 6.30. The Morgan fingerprint density at radius 1 is 1.55 bits per heavy atom. The minimum atomic E-state index is 0.231. The summed E-state index contributed by atoms with van der Waals surface area (Å²) < 4.78 is 1.68. The molecule has 0 aliphatic heterocycles. The van der Waals surface area contributed by atoms with E-state index in [4.69, 9.17) is 22.5 Å². The van der Waals surface area contributed by atoms with Crippen LogP contribution in [0.3, 0.4) is 0 Å². The molecule has 1 aromatic heterocycles. The fraction of sp³-hybridized carbons (Fsp3) is 0.692. The summed E-state index contributed by atoms with van der Waals surface area (Å²) in [5.41, 5.74) is 7.63. The van der Waals surface area contributed by atoms with E-state index >= 15 is 0 Å². The number of aryl methyl sites for hydroxylation is 2. The van der Waals surface area contributed by atoms with E-state index in [1.807, 2.05) is 14.0 Å². The molecule has 0 spiro atoms. The molecule has 3 N–H and O–H groups in total. The number of hydrogen-bond acceptors (Lipinski definition) is 4. The molecule has 6 nitrogen and oxygen atoms in total. The largest absolute Gasteiger partial charge is 0.409 e. The van der Waals surface area contributed by atoms with Crippen molar-refractivity contribution in [3.63, 3.8) is 0 Å². The van der Waals surface area contributed by atoms with Crippen LogP contribution in [0.15, 0.2) is 5.16 Å². The molecule has 1 fully saturated rings. The second-order valence-electron chi connectivity index (χ2n) is 5.41. The van der Waals surface area contributed by atoms with Gasteiger partial charge in [0.25, 0.3) is 0 Å². The first-order valence-electron chi connectivity index (χ1n) is 6.91. The van der Waals surface area contributed by atoms with Crippen molar-refractivity contribution in [2.75, 3.05) is 6.54 Å². The Labute approximate surface area is 124 Å². The Morgan fingerprint density at radius 3 is 2.70 bits per heavy atom. The molecular weight excluding hydrogens is 278 g/mol. The Morgan fingerprint density at radius 2 is 2.20 bits per heavy atom. The normalized spacial score (nSPS) is 17.3. The summed E-state index contributed by atoms with van der Waals surface area (Å²) in [6.45, 7) is 3.09. The molecule has 1 aliphatic rings. The van der Waals surface area contributed by atoms with E-state index in [0.717, 1.165) is 24.1 Å². The summed E-state index contributed by atoms with van der Waals surface area (Å²) in [4.78, 5) is 2.23. The van der Waals surface area contributed by atoms with Gasteiger partial charge in [0.15, 0.2) is 5.84 Å². The van der Waals surface area contributed by atoms with Crippen LogP contribution in [0.25, 0.3) is 0 Å². The maximum atomic E-state index is 8.80. The van der Waals surface area contributed by atoms with Crippen LogP contribution in [-0.4, -0.2) is 38.3 Å². The van der Waals surface area contributed by atoms with Crippen molar-refractivity contribution in [1.29, 1.82) is 0 Å². The van der Waals surface area contributed by atoms with E-state index in [2.05, 4.69) is 15.2 Å². The topological polar surface area (TPSA) is 79.7 Å². The van der Waals surface area contributed by atoms with Gasteiger partial charge in [0.05, 0.1) is 12.2 Å². The van der Waals surface area contributed by atoms with Crippen LogP contribution in [0, 0.1) is 6.92 Å². The van der Waals surface area contributed by atoms with E-state index in [0.29, 0.717) is 24.3 Å². The van der Waals surface area contributed by atoms with E-state index in [1.165, 1.54) is 12.8 Å². The van der Waals surface area contributed by atoms with Gasteiger partial charge in [-0.3, -0.25) is 9.58 Å². The Kier molecular flexibility index (Phi) is 4.88. The molecule has 112 valence electrons. The number of aromatic nitrogens is 2. The molecule has 0 amide bonds. The molecule has 0 unspecified atom stereocenters. The second-order valence-corrected chi connectivity index (χ2v) is 5.77. The maximum absolute atomic E-state index is 8.80. The molecule has 7 heteroatoms. The van der Waals surface area contributed by atoms with Crippen molar-refractivity contribution in [2.45, 2.75) is 45.2 Å². The third-order valence-electron chi connectivity index (χ3n) is 3.97. The fourth-order valence-electron chi connectivity index (χ4n) is 2.88. The number of amidine groups is 1. The van der Waals surface area contributed by atoms with Crippen LogP contribution < -0.4 is 5.73 Å². The first kappa shape index (κ1) is 15.1. The van der Waals surface area contributed by atoms with E-state index in [-0.39, 0.29) is 5.84 Å². The molecule has 0 saturated heterocycles. The Hall–Kier alpha value is -1.27. The third kappa shape index (κ3) is 3.24. The maximum Gasteiger partial charge on any atom is 0.153 e. The lowest BCUT2D eigenvalue weighted by Crippen LogP contribution is -2.39. The van der Waals surface area contributed by atoms with Gasteiger partial charge < -0.3 is 10.9 Å². The Bertz CT molecular complexity index is 493. The van der Waals surface area contributed by atoms with Gasteiger partial charge >= 0.3 is 0 Å².